The maximum Gasteiger partial charge on any atom is 0.262 e. The van der Waals surface area contributed by atoms with Crippen LogP contribution in [-0.4, -0.2) is 17.6 Å². The molecule has 2 aromatic rings. The number of phenolic OH excluding ortho intramolecular Hbond substituents is 1. The second-order valence-corrected chi connectivity index (χ2v) is 4.21. The van der Waals surface area contributed by atoms with E-state index in [0.29, 0.717) is 5.75 Å². The summed E-state index contributed by atoms with van der Waals surface area (Å²) in [6, 6.07) is 14.0. The van der Waals surface area contributed by atoms with Crippen molar-refractivity contribution in [1.29, 1.82) is 0 Å². The van der Waals surface area contributed by atoms with Gasteiger partial charge < -0.3 is 15.2 Å². The van der Waals surface area contributed by atoms with Gasteiger partial charge in [0.05, 0.1) is 0 Å². The Hall–Kier alpha value is -2.49. The van der Waals surface area contributed by atoms with Gasteiger partial charge in [-0.15, -0.1) is 0 Å². The molecule has 0 aliphatic heterocycles. The van der Waals surface area contributed by atoms with Crippen molar-refractivity contribution >= 4 is 11.6 Å². The topological polar surface area (TPSA) is 58.6 Å². The van der Waals surface area contributed by atoms with Crippen LogP contribution in [0.1, 0.15) is 5.56 Å². The number of amides is 1. The van der Waals surface area contributed by atoms with Crippen LogP contribution in [0.5, 0.6) is 11.5 Å². The number of nitrogens with one attached hydrogen (secondary N) is 1. The fourth-order valence-electron chi connectivity index (χ4n) is 1.68. The van der Waals surface area contributed by atoms with Gasteiger partial charge in [-0.05, 0) is 36.8 Å². The smallest absolute Gasteiger partial charge is 0.262 e. The van der Waals surface area contributed by atoms with E-state index in [2.05, 4.69) is 5.32 Å². The molecule has 0 bridgehead atoms. The summed E-state index contributed by atoms with van der Waals surface area (Å²) in [7, 11) is 0. The number of hydrogen-bond acceptors (Lipinski definition) is 3. The lowest BCUT2D eigenvalue weighted by Gasteiger charge is -2.08. The molecule has 0 saturated heterocycles. The minimum atomic E-state index is -0.243. The fraction of sp³-hybridized carbons (Fsp3) is 0.133. The molecular weight excluding hydrogens is 242 g/mol. The first-order valence-corrected chi connectivity index (χ1v) is 5.92. The third kappa shape index (κ3) is 4.03. The van der Waals surface area contributed by atoms with E-state index >= 15 is 0 Å². The van der Waals surface area contributed by atoms with Crippen molar-refractivity contribution in [3.8, 4) is 11.5 Å². The number of phenols is 1. The summed E-state index contributed by atoms with van der Waals surface area (Å²) >= 11 is 0. The molecule has 4 heteroatoms. The zero-order chi connectivity index (χ0) is 13.7. The van der Waals surface area contributed by atoms with Crippen LogP contribution in [0.2, 0.25) is 0 Å². The Morgan fingerprint density at radius 2 is 1.95 bits per heavy atom. The Morgan fingerprint density at radius 3 is 2.63 bits per heavy atom. The van der Waals surface area contributed by atoms with Gasteiger partial charge in [0.25, 0.3) is 5.91 Å². The van der Waals surface area contributed by atoms with Crippen LogP contribution in [-0.2, 0) is 4.79 Å². The van der Waals surface area contributed by atoms with Crippen molar-refractivity contribution in [3.05, 3.63) is 54.1 Å². The van der Waals surface area contributed by atoms with Gasteiger partial charge in [0.1, 0.15) is 11.5 Å². The average Bonchev–Trinajstić information content (AvgIpc) is 2.36. The fourth-order valence-corrected chi connectivity index (χ4v) is 1.68. The molecule has 19 heavy (non-hydrogen) atoms. The van der Waals surface area contributed by atoms with Crippen molar-refractivity contribution in [2.24, 2.45) is 0 Å². The molecule has 0 unspecified atom stereocenters. The van der Waals surface area contributed by atoms with Crippen molar-refractivity contribution in [1.82, 2.24) is 0 Å². The van der Waals surface area contributed by atoms with Crippen molar-refractivity contribution in [2.45, 2.75) is 6.92 Å². The molecule has 0 aliphatic carbocycles. The van der Waals surface area contributed by atoms with E-state index in [1.165, 1.54) is 6.07 Å². The molecule has 0 spiro atoms. The van der Waals surface area contributed by atoms with Crippen LogP contribution in [0, 0.1) is 6.92 Å². The van der Waals surface area contributed by atoms with E-state index in [-0.39, 0.29) is 18.3 Å². The first-order chi connectivity index (χ1) is 9.13. The molecule has 2 rings (SSSR count). The molecule has 1 amide bonds. The second-order valence-electron chi connectivity index (χ2n) is 4.21. The molecule has 0 atom stereocenters. The van der Waals surface area contributed by atoms with Crippen LogP contribution < -0.4 is 10.1 Å². The molecule has 0 saturated carbocycles. The average molecular weight is 257 g/mol. The summed E-state index contributed by atoms with van der Waals surface area (Å²) in [5, 5.41) is 12.1. The van der Waals surface area contributed by atoms with Crippen molar-refractivity contribution < 1.29 is 14.6 Å². The highest BCUT2D eigenvalue weighted by Crippen LogP contribution is 2.21. The van der Waals surface area contributed by atoms with Gasteiger partial charge in [-0.1, -0.05) is 18.2 Å². The molecular formula is C15H15NO3. The number of aryl methyl sites for hydroxylation is 1. The molecule has 0 fully saturated rings. The quantitative estimate of drug-likeness (QED) is 0.885. The van der Waals surface area contributed by atoms with Gasteiger partial charge in [0.2, 0.25) is 0 Å². The van der Waals surface area contributed by atoms with Gasteiger partial charge in [0, 0.05) is 11.8 Å². The van der Waals surface area contributed by atoms with E-state index in [4.69, 9.17) is 4.74 Å². The predicted octanol–water partition coefficient (Wildman–Crippen LogP) is 2.72. The SMILES string of the molecule is Cc1cc(O)cc(OCC(=O)Nc2ccccc2)c1. The number of para-hydroxylation sites is 1. The summed E-state index contributed by atoms with van der Waals surface area (Å²) in [6.07, 6.45) is 0. The summed E-state index contributed by atoms with van der Waals surface area (Å²) in [5.41, 5.74) is 1.60. The van der Waals surface area contributed by atoms with Crippen molar-refractivity contribution in [2.75, 3.05) is 11.9 Å². The number of benzene rings is 2. The standard InChI is InChI=1S/C15H15NO3/c1-11-7-13(17)9-14(8-11)19-10-15(18)16-12-5-3-2-4-6-12/h2-9,17H,10H2,1H3,(H,16,18). The molecule has 98 valence electrons. The summed E-state index contributed by atoms with van der Waals surface area (Å²) in [4.78, 5) is 11.7. The van der Waals surface area contributed by atoms with Crippen molar-refractivity contribution in [3.63, 3.8) is 0 Å². The van der Waals surface area contributed by atoms with Gasteiger partial charge in [-0.25, -0.2) is 0 Å². The van der Waals surface area contributed by atoms with Crippen LogP contribution in [0.4, 0.5) is 5.69 Å². The third-order valence-corrected chi connectivity index (χ3v) is 2.46. The molecule has 0 aliphatic rings. The molecule has 2 N–H and O–H groups in total. The highest BCUT2D eigenvalue weighted by Gasteiger charge is 2.04. The molecule has 0 radical (unpaired) electrons. The first-order valence-electron chi connectivity index (χ1n) is 5.92. The van der Waals surface area contributed by atoms with E-state index in [0.717, 1.165) is 11.3 Å². The zero-order valence-corrected chi connectivity index (χ0v) is 10.6. The Bertz CT molecular complexity index is 547. The molecule has 4 nitrogen and oxygen atoms in total. The Labute approximate surface area is 111 Å². The van der Waals surface area contributed by atoms with E-state index in [1.54, 1.807) is 24.3 Å². The highest BCUT2D eigenvalue weighted by atomic mass is 16.5. The number of hydrogen-bond donors (Lipinski definition) is 2. The van der Waals surface area contributed by atoms with Gasteiger partial charge >= 0.3 is 0 Å². The summed E-state index contributed by atoms with van der Waals surface area (Å²) in [5.74, 6) is 0.353. The Morgan fingerprint density at radius 1 is 1.21 bits per heavy atom. The van der Waals surface area contributed by atoms with Crippen LogP contribution >= 0.6 is 0 Å². The van der Waals surface area contributed by atoms with E-state index in [1.807, 2.05) is 25.1 Å². The van der Waals surface area contributed by atoms with E-state index < -0.39 is 0 Å². The maximum absolute atomic E-state index is 11.7. The highest BCUT2D eigenvalue weighted by molar-refractivity contribution is 5.91. The van der Waals surface area contributed by atoms with Crippen LogP contribution in [0.3, 0.4) is 0 Å². The normalized spacial score (nSPS) is 9.95. The predicted molar refractivity (Wildman–Crippen MR) is 73.4 cm³/mol. The number of aromatic hydroxyl groups is 1. The summed E-state index contributed by atoms with van der Waals surface area (Å²) < 4.78 is 5.33. The van der Waals surface area contributed by atoms with Crippen LogP contribution in [0.15, 0.2) is 48.5 Å². The van der Waals surface area contributed by atoms with Gasteiger partial charge in [-0.2, -0.15) is 0 Å². The Balaban J connectivity index is 1.90. The third-order valence-electron chi connectivity index (χ3n) is 2.46. The number of ether oxygens (including phenoxy) is 1. The second kappa shape index (κ2) is 5.91. The molecule has 0 aromatic heterocycles. The minimum absolute atomic E-state index is 0.0994. The number of carbonyl (C=O) groups is 1. The van der Waals surface area contributed by atoms with Crippen LogP contribution in [0.25, 0.3) is 0 Å². The molecule has 2 aromatic carbocycles. The van der Waals surface area contributed by atoms with Gasteiger partial charge in [-0.3, -0.25) is 4.79 Å². The number of rotatable bonds is 4. The number of carbonyl (C=O) groups excluding carboxylic acids is 1. The lowest BCUT2D eigenvalue weighted by atomic mass is 10.2. The number of anilines is 1. The minimum Gasteiger partial charge on any atom is -0.508 e. The van der Waals surface area contributed by atoms with E-state index in [9.17, 15) is 9.90 Å². The molecule has 0 heterocycles. The largest absolute Gasteiger partial charge is 0.508 e. The Kier molecular flexibility index (Phi) is 4.03. The maximum atomic E-state index is 11.7. The van der Waals surface area contributed by atoms with Gasteiger partial charge in [0.15, 0.2) is 6.61 Å². The summed E-state index contributed by atoms with van der Waals surface area (Å²) in [6.45, 7) is 1.74. The first kappa shape index (κ1) is 13.0. The lowest BCUT2D eigenvalue weighted by Crippen LogP contribution is -2.20. The lowest BCUT2D eigenvalue weighted by molar-refractivity contribution is -0.118. The monoisotopic (exact) mass is 257 g/mol. The zero-order valence-electron chi connectivity index (χ0n) is 10.6.